The zero-order valence-corrected chi connectivity index (χ0v) is 14.4. The number of likely N-dealkylation sites (tertiary alicyclic amines) is 1. The molecule has 5 nitrogen and oxygen atoms in total. The molecule has 3 rings (SSSR count). The zero-order chi connectivity index (χ0) is 16.3. The van der Waals surface area contributed by atoms with E-state index < -0.39 is 0 Å². The van der Waals surface area contributed by atoms with Gasteiger partial charge in [-0.2, -0.15) is 0 Å². The number of aromatic nitrogens is 2. The van der Waals surface area contributed by atoms with Gasteiger partial charge in [0.25, 0.3) is 0 Å². The van der Waals surface area contributed by atoms with Crippen LogP contribution in [0.3, 0.4) is 0 Å². The van der Waals surface area contributed by atoms with Crippen LogP contribution in [-0.2, 0) is 6.42 Å². The molecule has 1 aliphatic heterocycles. The largest absolute Gasteiger partial charge is 0.357 e. The quantitative estimate of drug-likeness (QED) is 0.674. The average Bonchev–Trinajstić information content (AvgIpc) is 3.09. The van der Waals surface area contributed by atoms with Crippen molar-refractivity contribution < 1.29 is 0 Å². The molecule has 1 saturated heterocycles. The number of fused-ring (bicyclic) bond motifs is 1. The lowest BCUT2D eigenvalue weighted by atomic mass is 9.93. The second-order valence-corrected chi connectivity index (χ2v) is 7.02. The first kappa shape index (κ1) is 15.8. The van der Waals surface area contributed by atoms with Crippen LogP contribution >= 0.6 is 0 Å². The molecule has 124 valence electrons. The van der Waals surface area contributed by atoms with E-state index in [1.165, 1.54) is 6.42 Å². The Morgan fingerprint density at radius 3 is 2.91 bits per heavy atom. The first-order chi connectivity index (χ1) is 11.1. The molecule has 0 bridgehead atoms. The maximum absolute atomic E-state index is 4.80. The number of hydrogen-bond donors (Lipinski definition) is 2. The third kappa shape index (κ3) is 3.84. The van der Waals surface area contributed by atoms with Gasteiger partial charge in [0.15, 0.2) is 5.96 Å². The number of rotatable bonds is 4. The van der Waals surface area contributed by atoms with Gasteiger partial charge in [-0.15, -0.1) is 0 Å². The maximum atomic E-state index is 4.80. The number of hydrogen-bond acceptors (Lipinski definition) is 2. The number of guanidine groups is 1. The summed E-state index contributed by atoms with van der Waals surface area (Å²) in [7, 11) is 0. The normalized spacial score (nSPS) is 17.9. The summed E-state index contributed by atoms with van der Waals surface area (Å²) in [5, 5.41) is 3.42. The summed E-state index contributed by atoms with van der Waals surface area (Å²) < 4.78 is 0. The highest BCUT2D eigenvalue weighted by atomic mass is 15.3. The van der Waals surface area contributed by atoms with Gasteiger partial charge in [0, 0.05) is 32.6 Å². The van der Waals surface area contributed by atoms with Crippen LogP contribution < -0.4 is 5.32 Å². The van der Waals surface area contributed by atoms with Crippen molar-refractivity contribution in [1.29, 1.82) is 0 Å². The molecule has 5 heteroatoms. The molecule has 1 aromatic heterocycles. The van der Waals surface area contributed by atoms with Crippen LogP contribution in [0.2, 0.25) is 0 Å². The van der Waals surface area contributed by atoms with Gasteiger partial charge in [-0.1, -0.05) is 26.0 Å². The average molecular weight is 313 g/mol. The lowest BCUT2D eigenvalue weighted by Crippen LogP contribution is -2.40. The molecule has 2 N–H and O–H groups in total. The lowest BCUT2D eigenvalue weighted by molar-refractivity contribution is 0.370. The van der Waals surface area contributed by atoms with Gasteiger partial charge >= 0.3 is 0 Å². The minimum Gasteiger partial charge on any atom is -0.357 e. The van der Waals surface area contributed by atoms with Crippen LogP contribution in [-0.4, -0.2) is 47.0 Å². The fourth-order valence-corrected chi connectivity index (χ4v) is 3.11. The number of nitrogens with zero attached hydrogens (tertiary/aromatic N) is 3. The van der Waals surface area contributed by atoms with E-state index in [1.807, 2.05) is 18.2 Å². The third-order valence-electron chi connectivity index (χ3n) is 4.36. The third-order valence-corrected chi connectivity index (χ3v) is 4.36. The van der Waals surface area contributed by atoms with Crippen molar-refractivity contribution in [3.63, 3.8) is 0 Å². The summed E-state index contributed by atoms with van der Waals surface area (Å²) >= 11 is 0. The molecule has 0 saturated carbocycles. The lowest BCUT2D eigenvalue weighted by Gasteiger charge is -2.23. The predicted octanol–water partition coefficient (Wildman–Crippen LogP) is 2.80. The van der Waals surface area contributed by atoms with Crippen molar-refractivity contribution >= 4 is 17.0 Å². The smallest absolute Gasteiger partial charge is 0.193 e. The zero-order valence-electron chi connectivity index (χ0n) is 14.4. The van der Waals surface area contributed by atoms with Gasteiger partial charge in [0.1, 0.15) is 5.82 Å². The number of aromatic amines is 1. The van der Waals surface area contributed by atoms with Gasteiger partial charge in [-0.05, 0) is 30.9 Å². The van der Waals surface area contributed by atoms with Crippen molar-refractivity contribution in [3.8, 4) is 0 Å². The van der Waals surface area contributed by atoms with E-state index >= 15 is 0 Å². The molecule has 0 spiro atoms. The Labute approximate surface area is 138 Å². The highest BCUT2D eigenvalue weighted by Gasteiger charge is 2.30. The van der Waals surface area contributed by atoms with Gasteiger partial charge < -0.3 is 15.2 Å². The minimum absolute atomic E-state index is 0.384. The van der Waals surface area contributed by atoms with Crippen LogP contribution in [0.5, 0.6) is 0 Å². The van der Waals surface area contributed by atoms with Crippen LogP contribution in [0, 0.1) is 5.41 Å². The SMILES string of the molecule is CCNC(=NCCc1nc2ccccc2[nH]1)N1CCC(C)(C)C1. The summed E-state index contributed by atoms with van der Waals surface area (Å²) in [4.78, 5) is 15.2. The highest BCUT2D eigenvalue weighted by molar-refractivity contribution is 5.80. The maximum Gasteiger partial charge on any atom is 0.193 e. The second kappa shape index (κ2) is 6.60. The van der Waals surface area contributed by atoms with Crippen molar-refractivity contribution in [3.05, 3.63) is 30.1 Å². The Balaban J connectivity index is 1.64. The Morgan fingerprint density at radius 2 is 2.22 bits per heavy atom. The standard InChI is InChI=1S/C18H27N5/c1-4-19-17(23-12-10-18(2,3)13-23)20-11-9-16-21-14-7-5-6-8-15(14)22-16/h5-8H,4,9-13H2,1-3H3,(H,19,20)(H,21,22). The van der Waals surface area contributed by atoms with E-state index in [-0.39, 0.29) is 0 Å². The monoisotopic (exact) mass is 313 g/mol. The summed E-state index contributed by atoms with van der Waals surface area (Å²) in [6.45, 7) is 10.6. The number of benzene rings is 1. The van der Waals surface area contributed by atoms with E-state index in [2.05, 4.69) is 47.0 Å². The van der Waals surface area contributed by atoms with E-state index in [4.69, 9.17) is 4.99 Å². The molecule has 0 radical (unpaired) electrons. The molecule has 23 heavy (non-hydrogen) atoms. The molecule has 1 aromatic carbocycles. The van der Waals surface area contributed by atoms with Gasteiger partial charge in [0.05, 0.1) is 11.0 Å². The van der Waals surface area contributed by atoms with E-state index in [1.54, 1.807) is 0 Å². The molecule has 1 aliphatic rings. The Bertz CT molecular complexity index is 653. The van der Waals surface area contributed by atoms with Gasteiger partial charge in [0.2, 0.25) is 0 Å². The molecular formula is C18H27N5. The molecule has 2 heterocycles. The molecule has 0 unspecified atom stereocenters. The number of imidazole rings is 1. The van der Waals surface area contributed by atoms with Crippen molar-refractivity contribution in [2.24, 2.45) is 10.4 Å². The molecule has 0 amide bonds. The van der Waals surface area contributed by atoms with Crippen molar-refractivity contribution in [1.82, 2.24) is 20.2 Å². The highest BCUT2D eigenvalue weighted by Crippen LogP contribution is 2.28. The number of aliphatic imine (C=N–C) groups is 1. The van der Waals surface area contributed by atoms with Crippen molar-refractivity contribution in [2.75, 3.05) is 26.2 Å². The first-order valence-electron chi connectivity index (χ1n) is 8.54. The number of para-hydroxylation sites is 2. The number of H-pyrrole nitrogens is 1. The first-order valence-corrected chi connectivity index (χ1v) is 8.54. The molecule has 0 atom stereocenters. The van der Waals surface area contributed by atoms with E-state index in [0.29, 0.717) is 5.41 Å². The second-order valence-electron chi connectivity index (χ2n) is 7.02. The van der Waals surface area contributed by atoms with Crippen LogP contribution in [0.15, 0.2) is 29.3 Å². The summed E-state index contributed by atoms with van der Waals surface area (Å²) in [6, 6.07) is 8.14. The Kier molecular flexibility index (Phi) is 4.55. The summed E-state index contributed by atoms with van der Waals surface area (Å²) in [5.41, 5.74) is 2.51. The molecule has 0 aliphatic carbocycles. The minimum atomic E-state index is 0.384. The molecular weight excluding hydrogens is 286 g/mol. The summed E-state index contributed by atoms with van der Waals surface area (Å²) in [5.74, 6) is 2.04. The predicted molar refractivity (Wildman–Crippen MR) is 95.7 cm³/mol. The van der Waals surface area contributed by atoms with Crippen LogP contribution in [0.1, 0.15) is 33.0 Å². The van der Waals surface area contributed by atoms with Gasteiger partial charge in [-0.3, -0.25) is 4.99 Å². The molecule has 1 fully saturated rings. The fourth-order valence-electron chi connectivity index (χ4n) is 3.11. The van der Waals surface area contributed by atoms with Crippen LogP contribution in [0.4, 0.5) is 0 Å². The van der Waals surface area contributed by atoms with Crippen molar-refractivity contribution in [2.45, 2.75) is 33.6 Å². The van der Waals surface area contributed by atoms with E-state index in [9.17, 15) is 0 Å². The molecule has 2 aromatic rings. The van der Waals surface area contributed by atoms with Gasteiger partial charge in [-0.25, -0.2) is 4.98 Å². The van der Waals surface area contributed by atoms with E-state index in [0.717, 1.165) is 55.4 Å². The fraction of sp³-hybridized carbons (Fsp3) is 0.556. The topological polar surface area (TPSA) is 56.3 Å². The van der Waals surface area contributed by atoms with Crippen LogP contribution in [0.25, 0.3) is 11.0 Å². The summed E-state index contributed by atoms with van der Waals surface area (Å²) in [6.07, 6.45) is 2.06. The number of nitrogens with one attached hydrogen (secondary N) is 2. The Morgan fingerprint density at radius 1 is 1.39 bits per heavy atom. The Hall–Kier alpha value is -2.04.